The summed E-state index contributed by atoms with van der Waals surface area (Å²) in [4.78, 5) is 37.3. The third-order valence-electron chi connectivity index (χ3n) is 5.57. The molecule has 0 aliphatic carbocycles. The summed E-state index contributed by atoms with van der Waals surface area (Å²) in [6.07, 6.45) is 3.15. The topological polar surface area (TPSA) is 81.3 Å². The second-order valence-electron chi connectivity index (χ2n) is 8.98. The molecule has 32 heavy (non-hydrogen) atoms. The summed E-state index contributed by atoms with van der Waals surface area (Å²) in [5.74, 6) is -1.02. The van der Waals surface area contributed by atoms with Crippen molar-refractivity contribution in [3.05, 3.63) is 81.5 Å². The molecule has 0 saturated heterocycles. The Kier molecular flexibility index (Phi) is 6.82. The quantitative estimate of drug-likeness (QED) is 0.507. The van der Waals surface area contributed by atoms with E-state index in [0.717, 1.165) is 24.7 Å². The molecule has 0 amide bonds. The lowest BCUT2D eigenvalue weighted by atomic mass is 9.97. The Morgan fingerprint density at radius 2 is 1.78 bits per heavy atom. The lowest BCUT2D eigenvalue weighted by Crippen LogP contribution is -2.36. The van der Waals surface area contributed by atoms with E-state index in [0.29, 0.717) is 28.9 Å². The maximum Gasteiger partial charge on any atom is 0.336 e. The Bertz CT molecular complexity index is 1180. The number of hydrogen-bond donors (Lipinski definition) is 1. The monoisotopic (exact) mass is 434 g/mol. The van der Waals surface area contributed by atoms with Gasteiger partial charge in [-0.3, -0.25) is 13.9 Å². The van der Waals surface area contributed by atoms with Gasteiger partial charge in [-0.15, -0.1) is 0 Å². The highest BCUT2D eigenvalue weighted by Crippen LogP contribution is 2.26. The summed E-state index contributed by atoms with van der Waals surface area (Å²) in [7, 11) is 0. The van der Waals surface area contributed by atoms with E-state index in [-0.39, 0.29) is 17.8 Å². The maximum atomic E-state index is 13.3. The molecule has 6 nitrogen and oxygen atoms in total. The molecule has 0 aliphatic rings. The summed E-state index contributed by atoms with van der Waals surface area (Å²) in [5.41, 5.74) is 2.62. The Morgan fingerprint density at radius 3 is 2.34 bits per heavy atom. The first-order valence-electron chi connectivity index (χ1n) is 10.9. The number of carbonyl (C=O) groups is 2. The van der Waals surface area contributed by atoms with E-state index in [1.807, 2.05) is 57.2 Å². The molecular weight excluding hydrogens is 404 g/mol. The summed E-state index contributed by atoms with van der Waals surface area (Å²) < 4.78 is 3.16. The standard InChI is InChI=1S/C26H30N2O4/c1-5-6-12-22-23(17-29)28(26(2,3)4)25(32)27(22)16-18-13-14-20(21(15-18)24(30)31)19-10-8-7-9-11-19/h7-11,13-15,17H,5-6,12,16H2,1-4H3,(H,30,31). The molecule has 0 aliphatic heterocycles. The molecule has 0 bridgehead atoms. The van der Waals surface area contributed by atoms with Gasteiger partial charge < -0.3 is 5.11 Å². The molecule has 0 fully saturated rings. The average molecular weight is 435 g/mol. The fourth-order valence-corrected chi connectivity index (χ4v) is 4.06. The van der Waals surface area contributed by atoms with Crippen molar-refractivity contribution >= 4 is 12.3 Å². The van der Waals surface area contributed by atoms with Gasteiger partial charge in [0.1, 0.15) is 5.69 Å². The van der Waals surface area contributed by atoms with Crippen molar-refractivity contribution in [1.29, 1.82) is 0 Å². The number of aldehydes is 1. The second kappa shape index (κ2) is 9.39. The summed E-state index contributed by atoms with van der Waals surface area (Å²) in [6.45, 7) is 7.95. The van der Waals surface area contributed by atoms with Crippen LogP contribution in [0.5, 0.6) is 0 Å². The van der Waals surface area contributed by atoms with Crippen LogP contribution in [-0.4, -0.2) is 26.5 Å². The lowest BCUT2D eigenvalue weighted by molar-refractivity contribution is 0.0697. The number of nitrogens with zero attached hydrogens (tertiary/aromatic N) is 2. The van der Waals surface area contributed by atoms with E-state index in [9.17, 15) is 19.5 Å². The number of imidazole rings is 1. The van der Waals surface area contributed by atoms with Crippen LogP contribution in [0.4, 0.5) is 0 Å². The van der Waals surface area contributed by atoms with Crippen LogP contribution in [0.2, 0.25) is 0 Å². The van der Waals surface area contributed by atoms with Crippen LogP contribution in [0.15, 0.2) is 53.3 Å². The van der Waals surface area contributed by atoms with Gasteiger partial charge in [-0.1, -0.05) is 55.8 Å². The van der Waals surface area contributed by atoms with Gasteiger partial charge in [0.25, 0.3) is 0 Å². The van der Waals surface area contributed by atoms with Gasteiger partial charge in [0.2, 0.25) is 0 Å². The second-order valence-corrected chi connectivity index (χ2v) is 8.98. The number of carbonyl (C=O) groups excluding carboxylic acids is 1. The number of hydrogen-bond acceptors (Lipinski definition) is 3. The molecule has 2 aromatic carbocycles. The van der Waals surface area contributed by atoms with E-state index >= 15 is 0 Å². The van der Waals surface area contributed by atoms with Crippen LogP contribution in [-0.2, 0) is 18.5 Å². The van der Waals surface area contributed by atoms with Crippen LogP contribution < -0.4 is 5.69 Å². The zero-order valence-electron chi connectivity index (χ0n) is 19.1. The van der Waals surface area contributed by atoms with E-state index < -0.39 is 11.5 Å². The smallest absolute Gasteiger partial charge is 0.336 e. The largest absolute Gasteiger partial charge is 0.478 e. The minimum Gasteiger partial charge on any atom is -0.478 e. The van der Waals surface area contributed by atoms with Crippen molar-refractivity contribution in [2.75, 3.05) is 0 Å². The fourth-order valence-electron chi connectivity index (χ4n) is 4.06. The summed E-state index contributed by atoms with van der Waals surface area (Å²) in [5, 5.41) is 9.82. The highest BCUT2D eigenvalue weighted by atomic mass is 16.4. The Balaban J connectivity index is 2.13. The summed E-state index contributed by atoms with van der Waals surface area (Å²) in [6, 6.07) is 14.6. The highest BCUT2D eigenvalue weighted by Gasteiger charge is 2.26. The molecule has 0 unspecified atom stereocenters. The summed E-state index contributed by atoms with van der Waals surface area (Å²) >= 11 is 0. The highest BCUT2D eigenvalue weighted by molar-refractivity contribution is 5.96. The third kappa shape index (κ3) is 4.59. The predicted octanol–water partition coefficient (Wildman–Crippen LogP) is 4.97. The van der Waals surface area contributed by atoms with Gasteiger partial charge in [-0.25, -0.2) is 9.59 Å². The molecule has 168 valence electrons. The number of benzene rings is 2. The molecular formula is C26H30N2O4. The van der Waals surface area contributed by atoms with Gasteiger partial charge in [0.05, 0.1) is 17.8 Å². The minimum atomic E-state index is -1.02. The first-order chi connectivity index (χ1) is 15.2. The number of carboxylic acids is 1. The number of aromatic carboxylic acids is 1. The van der Waals surface area contributed by atoms with E-state index in [2.05, 4.69) is 6.92 Å². The number of rotatable bonds is 8. The normalized spacial score (nSPS) is 11.5. The van der Waals surface area contributed by atoms with E-state index in [1.165, 1.54) is 0 Å². The fraction of sp³-hybridized carbons (Fsp3) is 0.346. The Hall–Kier alpha value is -3.41. The van der Waals surface area contributed by atoms with E-state index in [4.69, 9.17) is 0 Å². The zero-order valence-corrected chi connectivity index (χ0v) is 19.1. The first kappa shape index (κ1) is 23.3. The van der Waals surface area contributed by atoms with Crippen LogP contribution in [0, 0.1) is 0 Å². The lowest BCUT2D eigenvalue weighted by Gasteiger charge is -2.21. The van der Waals surface area contributed by atoms with Gasteiger partial charge in [0.15, 0.2) is 6.29 Å². The molecule has 1 aromatic heterocycles. The van der Waals surface area contributed by atoms with E-state index in [1.54, 1.807) is 21.3 Å². The molecule has 0 saturated carbocycles. The average Bonchev–Trinajstić information content (AvgIpc) is 3.03. The third-order valence-corrected chi connectivity index (χ3v) is 5.57. The van der Waals surface area contributed by atoms with Crippen molar-refractivity contribution in [2.45, 2.75) is 59.0 Å². The van der Waals surface area contributed by atoms with Crippen LogP contribution in [0.3, 0.4) is 0 Å². The van der Waals surface area contributed by atoms with Gasteiger partial charge in [-0.2, -0.15) is 0 Å². The number of aromatic nitrogens is 2. The Labute approximate surface area is 188 Å². The van der Waals surface area contributed by atoms with Crippen molar-refractivity contribution in [3.63, 3.8) is 0 Å². The van der Waals surface area contributed by atoms with Crippen LogP contribution in [0.25, 0.3) is 11.1 Å². The maximum absolute atomic E-state index is 13.3. The molecule has 6 heteroatoms. The molecule has 1 heterocycles. The molecule has 0 radical (unpaired) electrons. The van der Waals surface area contributed by atoms with Crippen LogP contribution in [0.1, 0.15) is 72.6 Å². The minimum absolute atomic E-state index is 0.183. The van der Waals surface area contributed by atoms with Gasteiger partial charge in [-0.05, 0) is 56.4 Å². The zero-order chi connectivity index (χ0) is 23.5. The molecule has 3 rings (SSSR count). The van der Waals surface area contributed by atoms with Crippen molar-refractivity contribution in [3.8, 4) is 11.1 Å². The molecule has 0 atom stereocenters. The van der Waals surface area contributed by atoms with Gasteiger partial charge >= 0.3 is 11.7 Å². The van der Waals surface area contributed by atoms with Crippen molar-refractivity contribution in [2.24, 2.45) is 0 Å². The number of carboxylic acid groups (broad SMARTS) is 1. The molecule has 1 N–H and O–H groups in total. The Morgan fingerprint density at radius 1 is 1.09 bits per heavy atom. The van der Waals surface area contributed by atoms with Crippen molar-refractivity contribution < 1.29 is 14.7 Å². The van der Waals surface area contributed by atoms with Gasteiger partial charge in [0, 0.05) is 5.54 Å². The predicted molar refractivity (Wildman–Crippen MR) is 126 cm³/mol. The first-order valence-corrected chi connectivity index (χ1v) is 10.9. The van der Waals surface area contributed by atoms with Crippen molar-refractivity contribution in [1.82, 2.24) is 9.13 Å². The number of unbranched alkanes of at least 4 members (excludes halogenated alkanes) is 1. The molecule has 3 aromatic rings. The SMILES string of the molecule is CCCCc1c(C=O)n(C(C)(C)C)c(=O)n1Cc1ccc(-c2ccccc2)c(C(=O)O)c1. The molecule has 0 spiro atoms. The van der Waals surface area contributed by atoms with Crippen LogP contribution >= 0.6 is 0 Å².